The predicted molar refractivity (Wildman–Crippen MR) is 94.2 cm³/mol. The molecule has 21 heavy (non-hydrogen) atoms. The fourth-order valence-electron chi connectivity index (χ4n) is 3.84. The van der Waals surface area contributed by atoms with E-state index < -0.39 is 0 Å². The first-order valence-electron chi connectivity index (χ1n) is 8.46. The number of thiophene rings is 1. The van der Waals surface area contributed by atoms with Gasteiger partial charge in [-0.25, -0.2) is 0 Å². The quantitative estimate of drug-likeness (QED) is 0.727. The molecule has 1 N–H and O–H groups in total. The average Bonchev–Trinajstić information content (AvgIpc) is 2.97. The van der Waals surface area contributed by atoms with Crippen LogP contribution in [0.3, 0.4) is 0 Å². The van der Waals surface area contributed by atoms with Crippen molar-refractivity contribution in [3.8, 4) is 0 Å². The van der Waals surface area contributed by atoms with Crippen LogP contribution in [0.25, 0.3) is 10.1 Å². The lowest BCUT2D eigenvalue weighted by molar-refractivity contribution is 0.243. The summed E-state index contributed by atoms with van der Waals surface area (Å²) in [7, 11) is 0. The van der Waals surface area contributed by atoms with Crippen molar-refractivity contribution in [3.05, 3.63) is 35.2 Å². The van der Waals surface area contributed by atoms with Gasteiger partial charge in [0.2, 0.25) is 0 Å². The van der Waals surface area contributed by atoms with E-state index in [9.17, 15) is 0 Å². The van der Waals surface area contributed by atoms with Crippen molar-refractivity contribution in [2.75, 3.05) is 13.1 Å². The van der Waals surface area contributed by atoms with Crippen molar-refractivity contribution in [2.24, 2.45) is 11.8 Å². The van der Waals surface area contributed by atoms with E-state index in [0.29, 0.717) is 0 Å². The highest BCUT2D eigenvalue weighted by Crippen LogP contribution is 2.43. The van der Waals surface area contributed by atoms with Crippen LogP contribution in [0.4, 0.5) is 0 Å². The standard InChI is InChI=1S/C19H27NS/c1-3-10-20-13-16-8-7-14(2)12-18(16)17-6-4-5-15-9-11-21-19(15)17/h4-6,9,11,14,16,18,20H,3,7-8,10,12-13H2,1-2H3. The molecule has 0 aliphatic heterocycles. The van der Waals surface area contributed by atoms with Crippen LogP contribution in [-0.4, -0.2) is 13.1 Å². The molecule has 3 atom stereocenters. The maximum Gasteiger partial charge on any atom is 0.0377 e. The highest BCUT2D eigenvalue weighted by Gasteiger charge is 2.30. The van der Waals surface area contributed by atoms with Crippen molar-refractivity contribution < 1.29 is 0 Å². The lowest BCUT2D eigenvalue weighted by Crippen LogP contribution is -2.32. The Kier molecular flexibility index (Phi) is 4.97. The maximum atomic E-state index is 3.66. The fraction of sp³-hybridized carbons (Fsp3) is 0.579. The minimum Gasteiger partial charge on any atom is -0.316 e. The zero-order chi connectivity index (χ0) is 14.7. The summed E-state index contributed by atoms with van der Waals surface area (Å²) in [5.41, 5.74) is 1.61. The third-order valence-electron chi connectivity index (χ3n) is 5.00. The molecule has 114 valence electrons. The minimum absolute atomic E-state index is 0.737. The fourth-order valence-corrected chi connectivity index (χ4v) is 4.82. The topological polar surface area (TPSA) is 12.0 Å². The van der Waals surface area contributed by atoms with E-state index in [0.717, 1.165) is 24.3 Å². The molecular weight excluding hydrogens is 274 g/mol. The van der Waals surface area contributed by atoms with Crippen LogP contribution >= 0.6 is 11.3 Å². The second-order valence-electron chi connectivity index (χ2n) is 6.68. The Morgan fingerprint density at radius 3 is 3.00 bits per heavy atom. The van der Waals surface area contributed by atoms with Crippen molar-refractivity contribution >= 4 is 21.4 Å². The van der Waals surface area contributed by atoms with Crippen LogP contribution in [0.1, 0.15) is 51.0 Å². The Bertz CT molecular complexity index is 574. The van der Waals surface area contributed by atoms with Crippen molar-refractivity contribution in [1.29, 1.82) is 0 Å². The first-order valence-corrected chi connectivity index (χ1v) is 9.34. The maximum absolute atomic E-state index is 3.66. The van der Waals surface area contributed by atoms with E-state index in [4.69, 9.17) is 0 Å². The largest absolute Gasteiger partial charge is 0.316 e. The van der Waals surface area contributed by atoms with Gasteiger partial charge >= 0.3 is 0 Å². The summed E-state index contributed by atoms with van der Waals surface area (Å²) in [4.78, 5) is 0. The van der Waals surface area contributed by atoms with Gasteiger partial charge in [-0.1, -0.05) is 38.5 Å². The molecule has 0 bridgehead atoms. The molecule has 1 aliphatic rings. The van der Waals surface area contributed by atoms with E-state index in [1.165, 1.54) is 42.3 Å². The number of hydrogen-bond acceptors (Lipinski definition) is 2. The molecule has 1 aromatic heterocycles. The van der Waals surface area contributed by atoms with Crippen LogP contribution in [-0.2, 0) is 0 Å². The molecule has 1 aliphatic carbocycles. The molecule has 0 spiro atoms. The van der Waals surface area contributed by atoms with Gasteiger partial charge < -0.3 is 5.32 Å². The number of benzene rings is 1. The first-order chi connectivity index (χ1) is 10.3. The van der Waals surface area contributed by atoms with Crippen LogP contribution in [0.5, 0.6) is 0 Å². The van der Waals surface area contributed by atoms with Gasteiger partial charge in [0.1, 0.15) is 0 Å². The van der Waals surface area contributed by atoms with Crippen molar-refractivity contribution in [1.82, 2.24) is 5.32 Å². The molecule has 0 radical (unpaired) electrons. The highest BCUT2D eigenvalue weighted by molar-refractivity contribution is 7.17. The molecule has 3 rings (SSSR count). The molecular formula is C19H27NS. The van der Waals surface area contributed by atoms with E-state index >= 15 is 0 Å². The molecule has 0 amide bonds. The molecule has 1 saturated carbocycles. The third kappa shape index (κ3) is 3.32. The molecule has 1 aromatic carbocycles. The van der Waals surface area contributed by atoms with Crippen LogP contribution < -0.4 is 5.32 Å². The van der Waals surface area contributed by atoms with Gasteiger partial charge in [0.25, 0.3) is 0 Å². The molecule has 1 fully saturated rings. The van der Waals surface area contributed by atoms with Gasteiger partial charge in [-0.2, -0.15) is 0 Å². The number of fused-ring (bicyclic) bond motifs is 1. The van der Waals surface area contributed by atoms with E-state index in [2.05, 4.69) is 48.8 Å². The van der Waals surface area contributed by atoms with Gasteiger partial charge in [0.05, 0.1) is 0 Å². The summed E-state index contributed by atoms with van der Waals surface area (Å²) in [5.74, 6) is 2.41. The van der Waals surface area contributed by atoms with Gasteiger partial charge in [0.15, 0.2) is 0 Å². The lowest BCUT2D eigenvalue weighted by Gasteiger charge is -2.36. The zero-order valence-corrected chi connectivity index (χ0v) is 14.1. The Balaban J connectivity index is 1.86. The smallest absolute Gasteiger partial charge is 0.0377 e. The lowest BCUT2D eigenvalue weighted by atomic mass is 9.71. The minimum atomic E-state index is 0.737. The summed E-state index contributed by atoms with van der Waals surface area (Å²) < 4.78 is 1.53. The van der Waals surface area contributed by atoms with Gasteiger partial charge in [0, 0.05) is 4.70 Å². The van der Waals surface area contributed by atoms with Gasteiger partial charge in [-0.3, -0.25) is 0 Å². The molecule has 3 unspecified atom stereocenters. The number of nitrogens with one attached hydrogen (secondary N) is 1. The van der Waals surface area contributed by atoms with Gasteiger partial charge in [-0.05, 0) is 72.5 Å². The van der Waals surface area contributed by atoms with Crippen molar-refractivity contribution in [3.63, 3.8) is 0 Å². The van der Waals surface area contributed by atoms with E-state index in [1.807, 2.05) is 11.3 Å². The number of rotatable bonds is 5. The Morgan fingerprint density at radius 1 is 1.24 bits per heavy atom. The Hall–Kier alpha value is -0.860. The van der Waals surface area contributed by atoms with Crippen molar-refractivity contribution in [2.45, 2.75) is 45.4 Å². The molecule has 1 nitrogen and oxygen atoms in total. The number of hydrogen-bond donors (Lipinski definition) is 1. The van der Waals surface area contributed by atoms with Gasteiger partial charge in [-0.15, -0.1) is 11.3 Å². The summed E-state index contributed by atoms with van der Waals surface area (Å²) in [6.07, 6.45) is 5.36. The molecule has 0 saturated heterocycles. The SMILES string of the molecule is CCCNCC1CCC(C)CC1c1cccc2ccsc12. The Morgan fingerprint density at radius 2 is 2.14 bits per heavy atom. The monoisotopic (exact) mass is 301 g/mol. The van der Waals surface area contributed by atoms with Crippen LogP contribution in [0.15, 0.2) is 29.6 Å². The zero-order valence-electron chi connectivity index (χ0n) is 13.3. The molecule has 2 heteroatoms. The Labute approximate surface area is 132 Å². The normalized spacial score (nSPS) is 26.3. The molecule has 2 aromatic rings. The van der Waals surface area contributed by atoms with E-state index in [1.54, 1.807) is 5.56 Å². The highest BCUT2D eigenvalue weighted by atomic mass is 32.1. The average molecular weight is 301 g/mol. The summed E-state index contributed by atoms with van der Waals surface area (Å²) in [6, 6.07) is 9.15. The molecule has 1 heterocycles. The van der Waals surface area contributed by atoms with Crippen LogP contribution in [0.2, 0.25) is 0 Å². The summed E-state index contributed by atoms with van der Waals surface area (Å²) >= 11 is 1.92. The third-order valence-corrected chi connectivity index (χ3v) is 5.98. The second kappa shape index (κ2) is 6.93. The predicted octanol–water partition coefficient (Wildman–Crippen LogP) is 5.42. The first kappa shape index (κ1) is 15.1. The van der Waals surface area contributed by atoms with E-state index in [-0.39, 0.29) is 0 Å². The summed E-state index contributed by atoms with van der Waals surface area (Å²) in [6.45, 7) is 7.02. The second-order valence-corrected chi connectivity index (χ2v) is 7.59. The summed E-state index contributed by atoms with van der Waals surface area (Å²) in [5, 5.41) is 7.33. The van der Waals surface area contributed by atoms with Crippen LogP contribution in [0, 0.1) is 11.8 Å².